The number of hydrogen-bond acceptors (Lipinski definition) is 4. The standard InChI is InChI=1S/C9H16O5/c1-12-9(13-2,14-3)7-5-4-6-8(10)11/h4,6H,5,7H2,1-3H3,(H,10,11). The highest BCUT2D eigenvalue weighted by Crippen LogP contribution is 2.19. The maximum Gasteiger partial charge on any atom is 0.327 e. The fourth-order valence-electron chi connectivity index (χ4n) is 1.00. The normalized spacial score (nSPS) is 12.2. The fraction of sp³-hybridized carbons (Fsp3) is 0.667. The molecule has 82 valence electrons. The van der Waals surface area contributed by atoms with Crippen LogP contribution in [0, 0.1) is 0 Å². The second-order valence-corrected chi connectivity index (χ2v) is 2.57. The molecular formula is C9H16O5. The van der Waals surface area contributed by atoms with Gasteiger partial charge in [0.25, 0.3) is 5.97 Å². The summed E-state index contributed by atoms with van der Waals surface area (Å²) >= 11 is 0. The molecule has 0 aromatic rings. The molecule has 0 aliphatic rings. The predicted molar refractivity (Wildman–Crippen MR) is 49.8 cm³/mol. The van der Waals surface area contributed by atoms with Crippen molar-refractivity contribution in [3.8, 4) is 0 Å². The van der Waals surface area contributed by atoms with E-state index in [2.05, 4.69) is 0 Å². The molecule has 0 saturated heterocycles. The molecule has 0 aliphatic carbocycles. The molecule has 0 heterocycles. The summed E-state index contributed by atoms with van der Waals surface area (Å²) in [7, 11) is 4.40. The average Bonchev–Trinajstić information content (AvgIpc) is 2.19. The number of carbonyl (C=O) groups is 1. The maximum absolute atomic E-state index is 10.2. The number of aliphatic carboxylic acids is 1. The number of methoxy groups -OCH3 is 3. The Hall–Kier alpha value is -0.910. The second-order valence-electron chi connectivity index (χ2n) is 2.57. The van der Waals surface area contributed by atoms with Crippen molar-refractivity contribution in [1.82, 2.24) is 0 Å². The zero-order chi connectivity index (χ0) is 11.0. The Morgan fingerprint density at radius 3 is 2.14 bits per heavy atom. The lowest BCUT2D eigenvalue weighted by molar-refractivity contribution is -0.354. The van der Waals surface area contributed by atoms with Crippen molar-refractivity contribution in [2.24, 2.45) is 0 Å². The van der Waals surface area contributed by atoms with Crippen LogP contribution >= 0.6 is 0 Å². The Kier molecular flexibility index (Phi) is 6.11. The van der Waals surface area contributed by atoms with Crippen molar-refractivity contribution in [3.05, 3.63) is 12.2 Å². The molecule has 1 N–H and O–H groups in total. The minimum Gasteiger partial charge on any atom is -0.478 e. The first kappa shape index (κ1) is 13.1. The lowest BCUT2D eigenvalue weighted by Crippen LogP contribution is -2.35. The lowest BCUT2D eigenvalue weighted by Gasteiger charge is -2.28. The predicted octanol–water partition coefficient (Wildman–Crippen LogP) is 1.00. The van der Waals surface area contributed by atoms with Gasteiger partial charge in [-0.15, -0.1) is 0 Å². The fourth-order valence-corrected chi connectivity index (χ4v) is 1.00. The molecule has 0 unspecified atom stereocenters. The summed E-state index contributed by atoms with van der Waals surface area (Å²) in [5.41, 5.74) is 0. The van der Waals surface area contributed by atoms with Crippen molar-refractivity contribution >= 4 is 5.97 Å². The molecule has 0 atom stereocenters. The van der Waals surface area contributed by atoms with Crippen LogP contribution in [0.1, 0.15) is 12.8 Å². The second kappa shape index (κ2) is 6.53. The molecule has 0 fully saturated rings. The lowest BCUT2D eigenvalue weighted by atomic mass is 10.2. The SMILES string of the molecule is COC(CCC=CC(=O)O)(OC)OC. The topological polar surface area (TPSA) is 65.0 Å². The van der Waals surface area contributed by atoms with Crippen LogP contribution in [-0.4, -0.2) is 38.4 Å². The Morgan fingerprint density at radius 2 is 1.79 bits per heavy atom. The molecule has 0 rings (SSSR count). The first-order chi connectivity index (χ1) is 6.60. The molecule has 5 heteroatoms. The highest BCUT2D eigenvalue weighted by atomic mass is 16.9. The van der Waals surface area contributed by atoms with E-state index in [-0.39, 0.29) is 0 Å². The number of allylic oxidation sites excluding steroid dienone is 1. The van der Waals surface area contributed by atoms with E-state index in [0.717, 1.165) is 6.08 Å². The van der Waals surface area contributed by atoms with Gasteiger partial charge in [0, 0.05) is 33.8 Å². The Labute approximate surface area is 83.3 Å². The first-order valence-electron chi connectivity index (χ1n) is 4.15. The highest BCUT2D eigenvalue weighted by Gasteiger charge is 2.28. The van der Waals surface area contributed by atoms with Crippen LogP contribution in [0.25, 0.3) is 0 Å². The summed E-state index contributed by atoms with van der Waals surface area (Å²) in [6, 6.07) is 0. The molecule has 0 aromatic carbocycles. The quantitative estimate of drug-likeness (QED) is 0.495. The molecule has 5 nitrogen and oxygen atoms in total. The molecule has 0 radical (unpaired) electrons. The van der Waals surface area contributed by atoms with Gasteiger partial charge in [0.05, 0.1) is 0 Å². The van der Waals surface area contributed by atoms with Crippen molar-refractivity contribution < 1.29 is 24.1 Å². The van der Waals surface area contributed by atoms with Crippen molar-refractivity contribution in [2.75, 3.05) is 21.3 Å². The van der Waals surface area contributed by atoms with E-state index in [0.29, 0.717) is 12.8 Å². The summed E-state index contributed by atoms with van der Waals surface area (Å²) in [5, 5.41) is 8.33. The van der Waals surface area contributed by atoms with Crippen LogP contribution in [-0.2, 0) is 19.0 Å². The monoisotopic (exact) mass is 204 g/mol. The Balaban J connectivity index is 4.00. The van der Waals surface area contributed by atoms with E-state index in [1.165, 1.54) is 27.4 Å². The Morgan fingerprint density at radius 1 is 1.29 bits per heavy atom. The number of ether oxygens (including phenoxy) is 3. The Bertz CT molecular complexity index is 187. The minimum atomic E-state index is -1.08. The third-order valence-electron chi connectivity index (χ3n) is 1.81. The van der Waals surface area contributed by atoms with Crippen LogP contribution in [0.4, 0.5) is 0 Å². The molecule has 0 aliphatic heterocycles. The van der Waals surface area contributed by atoms with Gasteiger partial charge in [-0.3, -0.25) is 0 Å². The van der Waals surface area contributed by atoms with E-state index >= 15 is 0 Å². The van der Waals surface area contributed by atoms with E-state index in [4.69, 9.17) is 19.3 Å². The summed E-state index contributed by atoms with van der Waals surface area (Å²) in [5.74, 6) is -2.05. The van der Waals surface area contributed by atoms with E-state index in [9.17, 15) is 4.79 Å². The summed E-state index contributed by atoms with van der Waals surface area (Å²) in [6.07, 6.45) is 3.53. The van der Waals surface area contributed by atoms with Gasteiger partial charge >= 0.3 is 5.97 Å². The van der Waals surface area contributed by atoms with Gasteiger partial charge in [0.1, 0.15) is 0 Å². The van der Waals surface area contributed by atoms with Crippen LogP contribution in [0.2, 0.25) is 0 Å². The first-order valence-corrected chi connectivity index (χ1v) is 4.15. The van der Waals surface area contributed by atoms with E-state index in [1.54, 1.807) is 0 Å². The molecule has 0 spiro atoms. The summed E-state index contributed by atoms with van der Waals surface area (Å²) in [4.78, 5) is 10.2. The molecule has 0 amide bonds. The van der Waals surface area contributed by atoms with E-state index < -0.39 is 11.9 Å². The zero-order valence-electron chi connectivity index (χ0n) is 8.65. The molecule has 0 aromatic heterocycles. The molecule has 0 bridgehead atoms. The van der Waals surface area contributed by atoms with E-state index in [1.807, 2.05) is 0 Å². The average molecular weight is 204 g/mol. The number of hydrogen-bond donors (Lipinski definition) is 1. The van der Waals surface area contributed by atoms with Gasteiger partial charge in [-0.1, -0.05) is 6.08 Å². The third-order valence-corrected chi connectivity index (χ3v) is 1.81. The van der Waals surface area contributed by atoms with Crippen molar-refractivity contribution in [2.45, 2.75) is 18.8 Å². The summed E-state index contributed by atoms with van der Waals surface area (Å²) in [6.45, 7) is 0. The van der Waals surface area contributed by atoms with Crippen molar-refractivity contribution in [3.63, 3.8) is 0 Å². The minimum absolute atomic E-state index is 0.431. The number of carboxylic acids is 1. The number of rotatable bonds is 7. The molecule has 14 heavy (non-hydrogen) atoms. The van der Waals surface area contributed by atoms with Gasteiger partial charge in [-0.2, -0.15) is 0 Å². The highest BCUT2D eigenvalue weighted by molar-refractivity contribution is 5.79. The van der Waals surface area contributed by atoms with Crippen molar-refractivity contribution in [1.29, 1.82) is 0 Å². The maximum atomic E-state index is 10.2. The largest absolute Gasteiger partial charge is 0.478 e. The van der Waals surface area contributed by atoms with Gasteiger partial charge in [-0.05, 0) is 6.42 Å². The smallest absolute Gasteiger partial charge is 0.327 e. The van der Waals surface area contributed by atoms with Gasteiger partial charge in [0.2, 0.25) is 0 Å². The van der Waals surface area contributed by atoms with Gasteiger partial charge in [0.15, 0.2) is 0 Å². The van der Waals surface area contributed by atoms with Crippen LogP contribution in [0.3, 0.4) is 0 Å². The molecular weight excluding hydrogens is 188 g/mol. The van der Waals surface area contributed by atoms with Crippen LogP contribution in [0.15, 0.2) is 12.2 Å². The molecule has 0 saturated carbocycles. The van der Waals surface area contributed by atoms with Crippen LogP contribution < -0.4 is 0 Å². The summed E-state index contributed by atoms with van der Waals surface area (Å²) < 4.78 is 15.1. The zero-order valence-corrected chi connectivity index (χ0v) is 8.65. The number of carboxylic acid groups (broad SMARTS) is 1. The van der Waals surface area contributed by atoms with Gasteiger partial charge < -0.3 is 19.3 Å². The third kappa shape index (κ3) is 4.36. The van der Waals surface area contributed by atoms with Gasteiger partial charge in [-0.25, -0.2) is 4.79 Å². The van der Waals surface area contributed by atoms with Crippen LogP contribution in [0.5, 0.6) is 0 Å².